The van der Waals surface area contributed by atoms with Gasteiger partial charge < -0.3 is 18.9 Å². The normalized spacial score (nSPS) is 11.8. The van der Waals surface area contributed by atoms with Gasteiger partial charge in [-0.2, -0.15) is 0 Å². The van der Waals surface area contributed by atoms with Crippen LogP contribution in [-0.4, -0.2) is 33.4 Å². The first kappa shape index (κ1) is 35.4. The van der Waals surface area contributed by atoms with Gasteiger partial charge in [-0.05, 0) is 44.6 Å². The summed E-state index contributed by atoms with van der Waals surface area (Å²) in [5.74, 6) is 0. The Morgan fingerprint density at radius 2 is 0.972 bits per heavy atom. The molecule has 0 bridgehead atoms. The van der Waals surface area contributed by atoms with Crippen molar-refractivity contribution >= 4 is 0 Å². The molecule has 0 unspecified atom stereocenters. The van der Waals surface area contributed by atoms with Gasteiger partial charge >= 0.3 is 0 Å². The lowest BCUT2D eigenvalue weighted by molar-refractivity contribution is -0.148. The molecule has 0 spiro atoms. The van der Waals surface area contributed by atoms with Crippen LogP contribution in [0.2, 0.25) is 0 Å². The van der Waals surface area contributed by atoms with E-state index >= 15 is 0 Å². The molecule has 0 aromatic rings. The first-order valence-corrected chi connectivity index (χ1v) is 15.8. The zero-order chi connectivity index (χ0) is 26.2. The number of rotatable bonds is 31. The minimum absolute atomic E-state index is 0.0000231. The summed E-state index contributed by atoms with van der Waals surface area (Å²) in [4.78, 5) is 0. The minimum atomic E-state index is -0.0000231. The molecule has 0 atom stereocenters. The number of allylic oxidation sites excluding steroid dienone is 1. The van der Waals surface area contributed by atoms with Crippen molar-refractivity contribution in [1.82, 2.24) is 0 Å². The molecule has 0 saturated carbocycles. The van der Waals surface area contributed by atoms with Gasteiger partial charge in [0, 0.05) is 20.3 Å². The van der Waals surface area contributed by atoms with Gasteiger partial charge in [0.15, 0.2) is 13.1 Å². The predicted molar refractivity (Wildman–Crippen MR) is 155 cm³/mol. The van der Waals surface area contributed by atoms with Gasteiger partial charge in [0.05, 0.1) is 6.26 Å². The van der Waals surface area contributed by atoms with E-state index in [-0.39, 0.29) is 6.29 Å². The molecule has 216 valence electrons. The lowest BCUT2D eigenvalue weighted by atomic mass is 10.1. The van der Waals surface area contributed by atoms with Crippen molar-refractivity contribution in [3.8, 4) is 0 Å². The number of hydrogen-bond acceptors (Lipinski definition) is 4. The van der Waals surface area contributed by atoms with E-state index < -0.39 is 0 Å². The standard InChI is InChI=1S/C32H64O4/c1-4-6-8-10-12-17-21-25-29-35-32(36-30-26-22-18-13-11-9-7-5-2)27-23-19-15-14-16-20-24-28-34-31-33-3/h24,28,32H,4-23,25-27,29-31H2,1-3H3. The van der Waals surface area contributed by atoms with Crippen molar-refractivity contribution in [2.75, 3.05) is 27.1 Å². The molecule has 4 nitrogen and oxygen atoms in total. The van der Waals surface area contributed by atoms with Gasteiger partial charge in [-0.3, -0.25) is 0 Å². The molecular weight excluding hydrogens is 448 g/mol. The molecule has 0 aromatic carbocycles. The van der Waals surface area contributed by atoms with E-state index in [9.17, 15) is 0 Å². The molecule has 0 aromatic heterocycles. The zero-order valence-electron chi connectivity index (χ0n) is 24.7. The van der Waals surface area contributed by atoms with Gasteiger partial charge in [-0.25, -0.2) is 0 Å². The molecule has 0 heterocycles. The summed E-state index contributed by atoms with van der Waals surface area (Å²) in [6.07, 6.45) is 33.7. The molecule has 4 heteroatoms. The van der Waals surface area contributed by atoms with E-state index in [0.717, 1.165) is 26.1 Å². The zero-order valence-corrected chi connectivity index (χ0v) is 24.7. The maximum absolute atomic E-state index is 6.20. The fourth-order valence-corrected chi connectivity index (χ4v) is 4.46. The Labute approximate surface area is 226 Å². The molecule has 0 aliphatic heterocycles. The Bertz CT molecular complexity index is 391. The molecule has 0 rings (SSSR count). The van der Waals surface area contributed by atoms with Crippen LogP contribution >= 0.6 is 0 Å². The average molecular weight is 513 g/mol. The van der Waals surface area contributed by atoms with Crippen LogP contribution < -0.4 is 0 Å². The smallest absolute Gasteiger partial charge is 0.187 e. The van der Waals surface area contributed by atoms with Crippen LogP contribution in [-0.2, 0) is 18.9 Å². The van der Waals surface area contributed by atoms with E-state index in [4.69, 9.17) is 18.9 Å². The fraction of sp³-hybridized carbons (Fsp3) is 0.938. The van der Waals surface area contributed by atoms with Crippen LogP contribution in [0.15, 0.2) is 12.3 Å². The lowest BCUT2D eigenvalue weighted by Crippen LogP contribution is -2.19. The van der Waals surface area contributed by atoms with Crippen molar-refractivity contribution in [3.05, 3.63) is 12.3 Å². The highest BCUT2D eigenvalue weighted by molar-refractivity contribution is 4.72. The van der Waals surface area contributed by atoms with Crippen LogP contribution in [0.25, 0.3) is 0 Å². The number of methoxy groups -OCH3 is 1. The van der Waals surface area contributed by atoms with Crippen molar-refractivity contribution < 1.29 is 18.9 Å². The maximum atomic E-state index is 6.20. The average Bonchev–Trinajstić information content (AvgIpc) is 2.89. The Balaban J connectivity index is 3.90. The number of hydrogen-bond donors (Lipinski definition) is 0. The topological polar surface area (TPSA) is 36.9 Å². The second-order valence-corrected chi connectivity index (χ2v) is 10.4. The second-order valence-electron chi connectivity index (χ2n) is 10.4. The molecule has 0 aliphatic carbocycles. The highest BCUT2D eigenvalue weighted by Crippen LogP contribution is 2.15. The number of unbranched alkanes of at least 4 members (excludes halogenated alkanes) is 19. The van der Waals surface area contributed by atoms with Crippen LogP contribution in [0.3, 0.4) is 0 Å². The third-order valence-electron chi connectivity index (χ3n) is 6.79. The molecule has 0 amide bonds. The Kier molecular flexibility index (Phi) is 31.9. The second kappa shape index (κ2) is 32.4. The first-order chi connectivity index (χ1) is 17.8. The predicted octanol–water partition coefficient (Wildman–Crippen LogP) is 10.5. The largest absolute Gasteiger partial charge is 0.476 e. The molecule has 0 saturated heterocycles. The summed E-state index contributed by atoms with van der Waals surface area (Å²) in [5, 5.41) is 0. The third kappa shape index (κ3) is 29.6. The van der Waals surface area contributed by atoms with E-state index in [1.807, 2.05) is 0 Å². The van der Waals surface area contributed by atoms with Gasteiger partial charge in [-0.15, -0.1) is 0 Å². The quantitative estimate of drug-likeness (QED) is 0.0526. The monoisotopic (exact) mass is 512 g/mol. The first-order valence-electron chi connectivity index (χ1n) is 15.8. The van der Waals surface area contributed by atoms with Gasteiger partial charge in [0.1, 0.15) is 0 Å². The van der Waals surface area contributed by atoms with Crippen molar-refractivity contribution in [2.24, 2.45) is 0 Å². The van der Waals surface area contributed by atoms with Crippen LogP contribution in [0.1, 0.15) is 162 Å². The molecular formula is C32H64O4. The SMILES string of the molecule is CCCCCCCCCCOC(CCCCCCCC=COCOC)OCCCCCCCCCC. The van der Waals surface area contributed by atoms with E-state index in [0.29, 0.717) is 6.79 Å². The fourth-order valence-electron chi connectivity index (χ4n) is 4.46. The highest BCUT2D eigenvalue weighted by Gasteiger charge is 2.09. The van der Waals surface area contributed by atoms with Crippen molar-refractivity contribution in [1.29, 1.82) is 0 Å². The molecule has 36 heavy (non-hydrogen) atoms. The Morgan fingerprint density at radius 3 is 1.47 bits per heavy atom. The summed E-state index contributed by atoms with van der Waals surface area (Å²) in [7, 11) is 1.64. The number of ether oxygens (including phenoxy) is 4. The lowest BCUT2D eigenvalue weighted by Gasteiger charge is -2.19. The van der Waals surface area contributed by atoms with E-state index in [2.05, 4.69) is 19.9 Å². The van der Waals surface area contributed by atoms with Crippen LogP contribution in [0.4, 0.5) is 0 Å². The Morgan fingerprint density at radius 1 is 0.528 bits per heavy atom. The van der Waals surface area contributed by atoms with Crippen LogP contribution in [0.5, 0.6) is 0 Å². The third-order valence-corrected chi connectivity index (χ3v) is 6.79. The van der Waals surface area contributed by atoms with Crippen LogP contribution in [0, 0.1) is 0 Å². The molecule has 0 radical (unpaired) electrons. The highest BCUT2D eigenvalue weighted by atomic mass is 16.7. The van der Waals surface area contributed by atoms with E-state index in [1.165, 1.54) is 135 Å². The van der Waals surface area contributed by atoms with Gasteiger partial charge in [0.25, 0.3) is 0 Å². The molecule has 0 N–H and O–H groups in total. The summed E-state index contributed by atoms with van der Waals surface area (Å²) in [5.41, 5.74) is 0. The summed E-state index contributed by atoms with van der Waals surface area (Å²) in [6, 6.07) is 0. The minimum Gasteiger partial charge on any atom is -0.476 e. The molecule has 0 aliphatic rings. The van der Waals surface area contributed by atoms with Crippen molar-refractivity contribution in [2.45, 2.75) is 168 Å². The summed E-state index contributed by atoms with van der Waals surface area (Å²) in [6.45, 7) is 6.61. The van der Waals surface area contributed by atoms with E-state index in [1.54, 1.807) is 13.4 Å². The summed E-state index contributed by atoms with van der Waals surface area (Å²) >= 11 is 0. The molecule has 0 fully saturated rings. The van der Waals surface area contributed by atoms with Gasteiger partial charge in [0.2, 0.25) is 0 Å². The van der Waals surface area contributed by atoms with Crippen molar-refractivity contribution in [3.63, 3.8) is 0 Å². The summed E-state index contributed by atoms with van der Waals surface area (Å²) < 4.78 is 22.4. The Hall–Kier alpha value is -0.580. The maximum Gasteiger partial charge on any atom is 0.187 e. The van der Waals surface area contributed by atoms with Gasteiger partial charge in [-0.1, -0.05) is 123 Å².